The molecule has 1 saturated heterocycles. The Morgan fingerprint density at radius 3 is 2.32 bits per heavy atom. The molecule has 0 bridgehead atoms. The lowest BCUT2D eigenvalue weighted by Gasteiger charge is -2.30. The van der Waals surface area contributed by atoms with E-state index in [1.54, 1.807) is 24.3 Å². The molecule has 4 rings (SSSR count). The standard InChI is InChI=1S/C29H24N4O5/c30-19-21-7-4-8-23(15-21)27(34)18-28(35)31-24-16-22(10-9-20-5-2-1-3-6-20)26(17-25(24)32-29(36)37)33-11-13-38-14-12-33/h1-8,15-17,32H,11-14,18H2,(H,31,35)(H,36,37). The minimum Gasteiger partial charge on any atom is -0.465 e. The van der Waals surface area contributed by atoms with Crippen molar-refractivity contribution in [2.24, 2.45) is 0 Å². The van der Waals surface area contributed by atoms with Gasteiger partial charge in [-0.3, -0.25) is 14.9 Å². The maximum Gasteiger partial charge on any atom is 0.409 e. The molecule has 190 valence electrons. The second-order valence-corrected chi connectivity index (χ2v) is 8.40. The van der Waals surface area contributed by atoms with Gasteiger partial charge in [0.2, 0.25) is 5.91 Å². The number of morpholine rings is 1. The molecule has 3 N–H and O–H groups in total. The second-order valence-electron chi connectivity index (χ2n) is 8.40. The molecule has 0 atom stereocenters. The summed E-state index contributed by atoms with van der Waals surface area (Å²) in [5.74, 6) is 5.15. The second kappa shape index (κ2) is 12.2. The van der Waals surface area contributed by atoms with Gasteiger partial charge in [-0.15, -0.1) is 0 Å². The van der Waals surface area contributed by atoms with E-state index in [1.165, 1.54) is 12.1 Å². The number of carbonyl (C=O) groups excluding carboxylic acids is 2. The van der Waals surface area contributed by atoms with Crippen molar-refractivity contribution in [2.45, 2.75) is 6.42 Å². The van der Waals surface area contributed by atoms with Crippen LogP contribution in [0.3, 0.4) is 0 Å². The highest BCUT2D eigenvalue weighted by atomic mass is 16.5. The van der Waals surface area contributed by atoms with E-state index in [0.717, 1.165) is 5.56 Å². The van der Waals surface area contributed by atoms with E-state index in [1.807, 2.05) is 41.3 Å². The molecule has 0 spiro atoms. The van der Waals surface area contributed by atoms with Crippen LogP contribution in [0.5, 0.6) is 0 Å². The Balaban J connectivity index is 1.67. The first-order valence-electron chi connectivity index (χ1n) is 11.8. The van der Waals surface area contributed by atoms with E-state index in [2.05, 4.69) is 22.5 Å². The van der Waals surface area contributed by atoms with Gasteiger partial charge in [0, 0.05) is 24.2 Å². The van der Waals surface area contributed by atoms with Gasteiger partial charge in [0.05, 0.1) is 53.9 Å². The number of Topliss-reactive ketones (excluding diaryl/α,β-unsaturated/α-hetero) is 1. The third kappa shape index (κ3) is 6.76. The summed E-state index contributed by atoms with van der Waals surface area (Å²) in [7, 11) is 0. The van der Waals surface area contributed by atoms with Gasteiger partial charge in [0.15, 0.2) is 5.78 Å². The first-order valence-corrected chi connectivity index (χ1v) is 11.8. The van der Waals surface area contributed by atoms with Crippen LogP contribution in [0.2, 0.25) is 0 Å². The van der Waals surface area contributed by atoms with E-state index in [9.17, 15) is 19.5 Å². The van der Waals surface area contributed by atoms with Crippen LogP contribution in [0.4, 0.5) is 21.9 Å². The van der Waals surface area contributed by atoms with E-state index >= 15 is 0 Å². The molecule has 0 aliphatic carbocycles. The Hall–Kier alpha value is -5.12. The number of nitriles is 1. The molecule has 9 nitrogen and oxygen atoms in total. The first-order chi connectivity index (χ1) is 18.4. The van der Waals surface area contributed by atoms with Crippen LogP contribution < -0.4 is 15.5 Å². The molecule has 1 aliphatic rings. The van der Waals surface area contributed by atoms with Crippen molar-refractivity contribution >= 4 is 34.8 Å². The Bertz CT molecular complexity index is 1460. The zero-order chi connectivity index (χ0) is 26.9. The molecular formula is C29H24N4O5. The Morgan fingerprint density at radius 2 is 1.61 bits per heavy atom. The maximum atomic E-state index is 12.8. The van der Waals surface area contributed by atoms with E-state index < -0.39 is 24.2 Å². The van der Waals surface area contributed by atoms with Crippen LogP contribution in [-0.2, 0) is 9.53 Å². The zero-order valence-corrected chi connectivity index (χ0v) is 20.4. The van der Waals surface area contributed by atoms with Gasteiger partial charge < -0.3 is 20.1 Å². The van der Waals surface area contributed by atoms with Gasteiger partial charge in [0.25, 0.3) is 0 Å². The normalized spacial score (nSPS) is 12.4. The number of carbonyl (C=O) groups is 3. The van der Waals surface area contributed by atoms with Crippen molar-refractivity contribution in [3.05, 3.63) is 89.0 Å². The Labute approximate surface area is 219 Å². The summed E-state index contributed by atoms with van der Waals surface area (Å²) in [6.07, 6.45) is -1.79. The quantitative estimate of drug-likeness (QED) is 0.260. The fraction of sp³-hybridized carbons (Fsp3) is 0.172. The van der Waals surface area contributed by atoms with E-state index in [0.29, 0.717) is 43.1 Å². The van der Waals surface area contributed by atoms with Crippen LogP contribution in [0.15, 0.2) is 66.7 Å². The first kappa shape index (κ1) is 26.0. The Morgan fingerprint density at radius 1 is 0.895 bits per heavy atom. The summed E-state index contributed by atoms with van der Waals surface area (Å²) in [6.45, 7) is 2.21. The number of hydrogen-bond acceptors (Lipinski definition) is 6. The molecular weight excluding hydrogens is 484 g/mol. The monoisotopic (exact) mass is 508 g/mol. The van der Waals surface area contributed by atoms with E-state index in [4.69, 9.17) is 10.00 Å². The van der Waals surface area contributed by atoms with Crippen molar-refractivity contribution in [2.75, 3.05) is 41.8 Å². The lowest BCUT2D eigenvalue weighted by Crippen LogP contribution is -2.36. The molecule has 38 heavy (non-hydrogen) atoms. The number of ether oxygens (including phenoxy) is 1. The zero-order valence-electron chi connectivity index (χ0n) is 20.4. The minimum absolute atomic E-state index is 0.150. The molecule has 3 aromatic rings. The van der Waals surface area contributed by atoms with Crippen LogP contribution >= 0.6 is 0 Å². The van der Waals surface area contributed by atoms with Gasteiger partial charge in [-0.1, -0.05) is 42.2 Å². The van der Waals surface area contributed by atoms with Gasteiger partial charge in [-0.25, -0.2) is 4.79 Å². The lowest BCUT2D eigenvalue weighted by molar-refractivity contribution is -0.115. The summed E-state index contributed by atoms with van der Waals surface area (Å²) < 4.78 is 5.46. The maximum absolute atomic E-state index is 12.8. The fourth-order valence-corrected chi connectivity index (χ4v) is 3.94. The smallest absolute Gasteiger partial charge is 0.409 e. The largest absolute Gasteiger partial charge is 0.465 e. The van der Waals surface area contributed by atoms with Crippen LogP contribution in [0, 0.1) is 23.2 Å². The molecule has 0 aromatic heterocycles. The third-order valence-electron chi connectivity index (χ3n) is 5.75. The number of benzene rings is 3. The number of ketones is 1. The molecule has 1 fully saturated rings. The number of carboxylic acid groups (broad SMARTS) is 1. The molecule has 0 unspecified atom stereocenters. The number of nitrogens with one attached hydrogen (secondary N) is 2. The van der Waals surface area contributed by atoms with Crippen molar-refractivity contribution < 1.29 is 24.2 Å². The minimum atomic E-state index is -1.30. The highest BCUT2D eigenvalue weighted by molar-refractivity contribution is 6.12. The van der Waals surface area contributed by atoms with Crippen molar-refractivity contribution in [1.29, 1.82) is 5.26 Å². The molecule has 3 aromatic carbocycles. The molecule has 0 radical (unpaired) electrons. The average Bonchev–Trinajstić information content (AvgIpc) is 2.93. The summed E-state index contributed by atoms with van der Waals surface area (Å²) >= 11 is 0. The van der Waals surface area contributed by atoms with Crippen molar-refractivity contribution in [1.82, 2.24) is 0 Å². The van der Waals surface area contributed by atoms with Crippen LogP contribution in [0.1, 0.15) is 33.5 Å². The molecule has 2 amide bonds. The van der Waals surface area contributed by atoms with Gasteiger partial charge in [0.1, 0.15) is 0 Å². The number of anilines is 3. The highest BCUT2D eigenvalue weighted by Gasteiger charge is 2.20. The molecule has 0 saturated carbocycles. The van der Waals surface area contributed by atoms with Gasteiger partial charge in [-0.05, 0) is 36.4 Å². The molecule has 9 heteroatoms. The summed E-state index contributed by atoms with van der Waals surface area (Å²) in [6, 6.07) is 20.7. The summed E-state index contributed by atoms with van der Waals surface area (Å²) in [4.78, 5) is 39.1. The van der Waals surface area contributed by atoms with Gasteiger partial charge >= 0.3 is 6.09 Å². The summed E-state index contributed by atoms with van der Waals surface area (Å²) in [5.41, 5.74) is 2.94. The van der Waals surface area contributed by atoms with Crippen molar-refractivity contribution in [3.63, 3.8) is 0 Å². The highest BCUT2D eigenvalue weighted by Crippen LogP contribution is 2.33. The predicted octanol–water partition coefficient (Wildman–Crippen LogP) is 4.10. The topological polar surface area (TPSA) is 132 Å². The fourth-order valence-electron chi connectivity index (χ4n) is 3.94. The third-order valence-corrected chi connectivity index (χ3v) is 5.75. The van der Waals surface area contributed by atoms with Crippen LogP contribution in [0.25, 0.3) is 0 Å². The van der Waals surface area contributed by atoms with Crippen molar-refractivity contribution in [3.8, 4) is 17.9 Å². The number of hydrogen-bond donors (Lipinski definition) is 3. The Kier molecular flexibility index (Phi) is 8.35. The molecule has 1 aliphatic heterocycles. The number of nitrogens with zero attached hydrogens (tertiary/aromatic N) is 2. The number of rotatable bonds is 6. The average molecular weight is 509 g/mol. The van der Waals surface area contributed by atoms with E-state index in [-0.39, 0.29) is 16.9 Å². The van der Waals surface area contributed by atoms with Gasteiger partial charge in [-0.2, -0.15) is 5.26 Å². The lowest BCUT2D eigenvalue weighted by atomic mass is 10.0. The number of amides is 2. The predicted molar refractivity (Wildman–Crippen MR) is 142 cm³/mol. The van der Waals surface area contributed by atoms with Crippen LogP contribution in [-0.4, -0.2) is 49.2 Å². The molecule has 1 heterocycles. The SMILES string of the molecule is N#Cc1cccc(C(=O)CC(=O)Nc2cc(C#Cc3ccccc3)c(N3CCOCC3)cc2NC(=O)O)c1. The summed E-state index contributed by atoms with van der Waals surface area (Å²) in [5, 5.41) is 23.5.